The minimum Gasteiger partial charge on any atom is -0.392 e. The molecule has 0 spiro atoms. The fourth-order valence-electron chi connectivity index (χ4n) is 1.83. The zero-order valence-electron chi connectivity index (χ0n) is 10.3. The van der Waals surface area contributed by atoms with E-state index >= 15 is 0 Å². The van der Waals surface area contributed by atoms with Crippen molar-refractivity contribution in [3.63, 3.8) is 0 Å². The molecule has 1 atom stereocenters. The maximum Gasteiger partial charge on any atom is 0.280 e. The van der Waals surface area contributed by atoms with Crippen molar-refractivity contribution in [2.24, 2.45) is 11.7 Å². The Kier molecular flexibility index (Phi) is 5.30. The Morgan fingerprint density at radius 3 is 2.71 bits per heavy atom. The number of thiocarbonyl (C=S) groups is 1. The molecule has 7 heteroatoms. The molecule has 0 amide bonds. The molecule has 0 aromatic carbocycles. The van der Waals surface area contributed by atoms with Crippen LogP contribution in [0.1, 0.15) is 33.1 Å². The molecule has 1 saturated heterocycles. The van der Waals surface area contributed by atoms with E-state index < -0.39 is 10.2 Å². The van der Waals surface area contributed by atoms with Crippen LogP contribution in [0.25, 0.3) is 0 Å². The second-order valence-electron chi connectivity index (χ2n) is 4.77. The van der Waals surface area contributed by atoms with Crippen LogP contribution < -0.4 is 10.5 Å². The largest absolute Gasteiger partial charge is 0.392 e. The van der Waals surface area contributed by atoms with Gasteiger partial charge >= 0.3 is 0 Å². The predicted molar refractivity (Wildman–Crippen MR) is 72.9 cm³/mol. The van der Waals surface area contributed by atoms with Gasteiger partial charge < -0.3 is 5.73 Å². The molecule has 0 aromatic rings. The topological polar surface area (TPSA) is 75.4 Å². The molecular formula is C10H21N3O2S2. The molecule has 1 aliphatic rings. The fraction of sp³-hybridized carbons (Fsp3) is 0.900. The van der Waals surface area contributed by atoms with Crippen LogP contribution in [0.5, 0.6) is 0 Å². The first kappa shape index (κ1) is 14.8. The molecule has 0 aromatic heterocycles. The standard InChI is InChI=1S/C10H21N3O2S2/c1-8(2)7-12-17(14,15)13-6-4-3-5-9(13)10(11)16/h8-9,12H,3-7H2,1-2H3,(H2,11,16). The van der Waals surface area contributed by atoms with Crippen molar-refractivity contribution >= 4 is 27.4 Å². The van der Waals surface area contributed by atoms with Gasteiger partial charge in [-0.3, -0.25) is 0 Å². The van der Waals surface area contributed by atoms with Gasteiger partial charge in [0.1, 0.15) is 0 Å². The highest BCUT2D eigenvalue weighted by Crippen LogP contribution is 2.20. The van der Waals surface area contributed by atoms with Gasteiger partial charge in [0, 0.05) is 13.1 Å². The molecule has 3 N–H and O–H groups in total. The number of hydrogen-bond donors (Lipinski definition) is 2. The SMILES string of the molecule is CC(C)CNS(=O)(=O)N1CCCCC1C(N)=S. The third-order valence-corrected chi connectivity index (χ3v) is 4.62. The van der Waals surface area contributed by atoms with Crippen LogP contribution in [-0.2, 0) is 10.2 Å². The highest BCUT2D eigenvalue weighted by molar-refractivity contribution is 7.87. The van der Waals surface area contributed by atoms with Gasteiger partial charge in [-0.25, -0.2) is 4.72 Å². The molecule has 0 radical (unpaired) electrons. The Morgan fingerprint density at radius 2 is 2.18 bits per heavy atom. The van der Waals surface area contributed by atoms with Crippen molar-refractivity contribution in [3.8, 4) is 0 Å². The summed E-state index contributed by atoms with van der Waals surface area (Å²) >= 11 is 4.94. The number of nitrogens with zero attached hydrogens (tertiary/aromatic N) is 1. The van der Waals surface area contributed by atoms with Crippen LogP contribution in [0.4, 0.5) is 0 Å². The van der Waals surface area contributed by atoms with Gasteiger partial charge in [0.15, 0.2) is 0 Å². The number of piperidine rings is 1. The van der Waals surface area contributed by atoms with E-state index in [9.17, 15) is 8.42 Å². The third kappa shape index (κ3) is 4.17. The number of rotatable bonds is 5. The zero-order valence-corrected chi connectivity index (χ0v) is 12.0. The lowest BCUT2D eigenvalue weighted by Crippen LogP contribution is -2.53. The molecule has 0 saturated carbocycles. The lowest BCUT2D eigenvalue weighted by Gasteiger charge is -2.34. The maximum atomic E-state index is 12.1. The first-order valence-electron chi connectivity index (χ1n) is 5.90. The maximum absolute atomic E-state index is 12.1. The lowest BCUT2D eigenvalue weighted by atomic mass is 10.1. The van der Waals surface area contributed by atoms with Crippen LogP contribution in [0.2, 0.25) is 0 Å². The van der Waals surface area contributed by atoms with Gasteiger partial charge in [-0.1, -0.05) is 32.5 Å². The van der Waals surface area contributed by atoms with Crippen LogP contribution in [0, 0.1) is 5.92 Å². The normalized spacial score (nSPS) is 22.9. The summed E-state index contributed by atoms with van der Waals surface area (Å²) in [6.45, 7) is 4.85. The summed E-state index contributed by atoms with van der Waals surface area (Å²) < 4.78 is 28.2. The predicted octanol–water partition coefficient (Wildman–Crippen LogP) is 0.617. The Hall–Kier alpha value is -0.240. The Morgan fingerprint density at radius 1 is 1.53 bits per heavy atom. The summed E-state index contributed by atoms with van der Waals surface area (Å²) in [5.41, 5.74) is 5.61. The first-order valence-corrected chi connectivity index (χ1v) is 7.75. The van der Waals surface area contributed by atoms with E-state index in [1.807, 2.05) is 13.8 Å². The minimum atomic E-state index is -3.46. The molecular weight excluding hydrogens is 258 g/mol. The van der Waals surface area contributed by atoms with Gasteiger partial charge in [0.25, 0.3) is 10.2 Å². The van der Waals surface area contributed by atoms with Crippen molar-refractivity contribution < 1.29 is 8.42 Å². The average molecular weight is 279 g/mol. The zero-order chi connectivity index (χ0) is 13.1. The van der Waals surface area contributed by atoms with Gasteiger partial charge in [-0.15, -0.1) is 0 Å². The smallest absolute Gasteiger partial charge is 0.280 e. The minimum absolute atomic E-state index is 0.264. The van der Waals surface area contributed by atoms with Crippen molar-refractivity contribution in [3.05, 3.63) is 0 Å². The van der Waals surface area contributed by atoms with Crippen molar-refractivity contribution in [1.82, 2.24) is 9.03 Å². The van der Waals surface area contributed by atoms with Crippen molar-refractivity contribution in [1.29, 1.82) is 0 Å². The van der Waals surface area contributed by atoms with Gasteiger partial charge in [-0.05, 0) is 18.8 Å². The quantitative estimate of drug-likeness (QED) is 0.723. The Balaban J connectivity index is 2.76. The van der Waals surface area contributed by atoms with Gasteiger partial charge in [0.2, 0.25) is 0 Å². The van der Waals surface area contributed by atoms with Gasteiger partial charge in [-0.2, -0.15) is 12.7 Å². The molecule has 0 aliphatic carbocycles. The number of nitrogens with two attached hydrogens (primary N) is 1. The summed E-state index contributed by atoms with van der Waals surface area (Å²) in [6, 6.07) is -0.330. The van der Waals surface area contributed by atoms with E-state index in [4.69, 9.17) is 18.0 Å². The average Bonchev–Trinajstić information content (AvgIpc) is 2.26. The van der Waals surface area contributed by atoms with Crippen LogP contribution in [-0.4, -0.2) is 36.8 Å². The molecule has 17 heavy (non-hydrogen) atoms. The van der Waals surface area contributed by atoms with Crippen LogP contribution in [0.3, 0.4) is 0 Å². The molecule has 1 rings (SSSR count). The Labute approximate surface area is 109 Å². The number of nitrogens with one attached hydrogen (secondary N) is 1. The van der Waals surface area contributed by atoms with Crippen molar-refractivity contribution in [2.45, 2.75) is 39.2 Å². The van der Waals surface area contributed by atoms with Crippen LogP contribution >= 0.6 is 12.2 Å². The molecule has 1 heterocycles. The van der Waals surface area contributed by atoms with Crippen LogP contribution in [0.15, 0.2) is 0 Å². The second-order valence-corrected chi connectivity index (χ2v) is 6.95. The van der Waals surface area contributed by atoms with E-state index in [1.54, 1.807) is 0 Å². The van der Waals surface area contributed by atoms with E-state index in [1.165, 1.54) is 4.31 Å². The molecule has 1 fully saturated rings. The summed E-state index contributed by atoms with van der Waals surface area (Å²) in [5, 5.41) is 0. The summed E-state index contributed by atoms with van der Waals surface area (Å²) in [7, 11) is -3.46. The van der Waals surface area contributed by atoms with Gasteiger partial charge in [0.05, 0.1) is 11.0 Å². The van der Waals surface area contributed by atoms with E-state index in [0.717, 1.165) is 19.3 Å². The molecule has 1 aliphatic heterocycles. The third-order valence-electron chi connectivity index (χ3n) is 2.76. The lowest BCUT2D eigenvalue weighted by molar-refractivity contribution is 0.301. The Bertz CT molecular complexity index is 368. The molecule has 1 unspecified atom stereocenters. The monoisotopic (exact) mass is 279 g/mol. The summed E-state index contributed by atoms with van der Waals surface area (Å²) in [6.07, 6.45) is 2.55. The van der Waals surface area contributed by atoms with E-state index in [2.05, 4.69) is 4.72 Å². The summed E-state index contributed by atoms with van der Waals surface area (Å²) in [4.78, 5) is 0.264. The highest BCUT2D eigenvalue weighted by Gasteiger charge is 2.33. The summed E-state index contributed by atoms with van der Waals surface area (Å²) in [5.74, 6) is 0.276. The molecule has 100 valence electrons. The van der Waals surface area contributed by atoms with E-state index in [-0.39, 0.29) is 16.9 Å². The van der Waals surface area contributed by atoms with E-state index in [0.29, 0.717) is 13.1 Å². The second kappa shape index (κ2) is 6.08. The highest BCUT2D eigenvalue weighted by atomic mass is 32.2. The first-order chi connectivity index (χ1) is 7.84. The van der Waals surface area contributed by atoms with Crippen molar-refractivity contribution in [2.75, 3.05) is 13.1 Å². The molecule has 0 bridgehead atoms. The number of hydrogen-bond acceptors (Lipinski definition) is 3. The molecule has 5 nitrogen and oxygen atoms in total. The fourth-order valence-corrected chi connectivity index (χ4v) is 3.78.